The van der Waals surface area contributed by atoms with E-state index >= 15 is 0 Å². The molecule has 3 aromatic rings. The highest BCUT2D eigenvalue weighted by molar-refractivity contribution is 6.09. The zero-order valence-electron chi connectivity index (χ0n) is 4.83. The molecule has 0 N–H and O–H groups in total. The van der Waals surface area contributed by atoms with E-state index in [1.807, 2.05) is 0 Å². The first-order valence-electron chi connectivity index (χ1n) is 3.06. The Morgan fingerprint density at radius 2 is 2.33 bits per heavy atom. The molecule has 3 rings (SSSR count). The standard InChI is InChI=1S/C8H5N/c1-2-8-7-4-6(7)5-9(8)3-1/h1-5H. The van der Waals surface area contributed by atoms with Crippen LogP contribution in [0.2, 0.25) is 0 Å². The Bertz CT molecular complexity index is 424. The zero-order chi connectivity index (χ0) is 5.84. The number of aromatic nitrogens is 1. The molecule has 1 nitrogen and oxygen atoms in total. The van der Waals surface area contributed by atoms with E-state index in [2.05, 4.69) is 35.0 Å². The van der Waals surface area contributed by atoms with Crippen LogP contribution in [0.3, 0.4) is 0 Å². The quantitative estimate of drug-likeness (QED) is 0.422. The predicted molar refractivity (Wildman–Crippen MR) is 37.3 cm³/mol. The number of fused-ring (bicyclic) bond motifs is 3. The fourth-order valence-corrected chi connectivity index (χ4v) is 1.33. The van der Waals surface area contributed by atoms with Crippen LogP contribution >= 0.6 is 0 Å². The minimum Gasteiger partial charge on any atom is -0.323 e. The summed E-state index contributed by atoms with van der Waals surface area (Å²) in [6, 6.07) is 6.42. The summed E-state index contributed by atoms with van der Waals surface area (Å²) in [5.41, 5.74) is 1.35. The van der Waals surface area contributed by atoms with E-state index < -0.39 is 0 Å². The minimum absolute atomic E-state index is 1.35. The third kappa shape index (κ3) is 0.296. The predicted octanol–water partition coefficient (Wildman–Crippen LogP) is 1.97. The average molecular weight is 115 g/mol. The Morgan fingerprint density at radius 1 is 1.33 bits per heavy atom. The fraction of sp³-hybridized carbons (Fsp3) is 0. The summed E-state index contributed by atoms with van der Waals surface area (Å²) in [6.07, 6.45) is 4.24. The van der Waals surface area contributed by atoms with Gasteiger partial charge in [0.2, 0.25) is 0 Å². The van der Waals surface area contributed by atoms with E-state index in [0.29, 0.717) is 0 Å². The number of hydrogen-bond acceptors (Lipinski definition) is 0. The van der Waals surface area contributed by atoms with Crippen molar-refractivity contribution in [2.24, 2.45) is 0 Å². The van der Waals surface area contributed by atoms with Gasteiger partial charge in [0.05, 0.1) is 5.52 Å². The van der Waals surface area contributed by atoms with E-state index in [1.165, 1.54) is 16.3 Å². The molecule has 0 saturated heterocycles. The van der Waals surface area contributed by atoms with E-state index in [-0.39, 0.29) is 0 Å². The lowest BCUT2D eigenvalue weighted by Crippen LogP contribution is -1.67. The van der Waals surface area contributed by atoms with Gasteiger partial charge in [-0.15, -0.1) is 0 Å². The maximum absolute atomic E-state index is 2.20. The fourth-order valence-electron chi connectivity index (χ4n) is 1.33. The van der Waals surface area contributed by atoms with Crippen LogP contribution in [-0.2, 0) is 0 Å². The van der Waals surface area contributed by atoms with Gasteiger partial charge >= 0.3 is 0 Å². The van der Waals surface area contributed by atoms with Crippen LogP contribution in [0.15, 0.2) is 30.6 Å². The molecule has 0 aliphatic rings. The molecule has 1 heteroatoms. The summed E-state index contributed by atoms with van der Waals surface area (Å²) in [5, 5.41) is 2.84. The van der Waals surface area contributed by atoms with Gasteiger partial charge in [0, 0.05) is 23.2 Å². The molecular formula is C8H5N. The van der Waals surface area contributed by atoms with Crippen molar-refractivity contribution in [2.75, 3.05) is 0 Å². The van der Waals surface area contributed by atoms with Crippen molar-refractivity contribution in [3.8, 4) is 0 Å². The van der Waals surface area contributed by atoms with Gasteiger partial charge in [-0.3, -0.25) is 0 Å². The topological polar surface area (TPSA) is 4.41 Å². The summed E-state index contributed by atoms with van der Waals surface area (Å²) in [5.74, 6) is 0. The lowest BCUT2D eigenvalue weighted by molar-refractivity contribution is 1.24. The molecule has 0 aliphatic carbocycles. The smallest absolute Gasteiger partial charge is 0.0529 e. The van der Waals surface area contributed by atoms with Crippen molar-refractivity contribution in [1.29, 1.82) is 0 Å². The lowest BCUT2D eigenvalue weighted by Gasteiger charge is -1.78. The van der Waals surface area contributed by atoms with E-state index in [4.69, 9.17) is 0 Å². The van der Waals surface area contributed by atoms with Crippen molar-refractivity contribution in [3.05, 3.63) is 30.6 Å². The van der Waals surface area contributed by atoms with Gasteiger partial charge < -0.3 is 4.40 Å². The van der Waals surface area contributed by atoms with Crippen LogP contribution in [0, 0.1) is 0 Å². The largest absolute Gasteiger partial charge is 0.323 e. The first-order valence-corrected chi connectivity index (χ1v) is 3.06. The molecule has 0 aliphatic heterocycles. The van der Waals surface area contributed by atoms with Crippen molar-refractivity contribution in [2.45, 2.75) is 0 Å². The molecular weight excluding hydrogens is 110 g/mol. The second-order valence-corrected chi connectivity index (χ2v) is 2.44. The van der Waals surface area contributed by atoms with Gasteiger partial charge in [-0.05, 0) is 18.2 Å². The van der Waals surface area contributed by atoms with Gasteiger partial charge in [0.1, 0.15) is 0 Å². The number of rotatable bonds is 0. The Balaban J connectivity index is 2.83. The maximum Gasteiger partial charge on any atom is 0.0529 e. The average Bonchev–Trinajstić information content (AvgIpc) is 2.38. The van der Waals surface area contributed by atoms with E-state index in [9.17, 15) is 0 Å². The Morgan fingerprint density at radius 3 is 3.22 bits per heavy atom. The molecule has 0 atom stereocenters. The minimum atomic E-state index is 1.35. The van der Waals surface area contributed by atoms with Crippen molar-refractivity contribution >= 4 is 16.3 Å². The highest BCUT2D eigenvalue weighted by atomic mass is 14.9. The maximum atomic E-state index is 2.20. The third-order valence-corrected chi connectivity index (χ3v) is 1.86. The van der Waals surface area contributed by atoms with Gasteiger partial charge in [0.25, 0.3) is 0 Å². The Kier molecular flexibility index (Phi) is 0.374. The van der Waals surface area contributed by atoms with Crippen molar-refractivity contribution in [1.82, 2.24) is 4.40 Å². The second-order valence-electron chi connectivity index (χ2n) is 2.44. The summed E-state index contributed by atoms with van der Waals surface area (Å²) >= 11 is 0. The highest BCUT2D eigenvalue weighted by Gasteiger charge is 2.07. The molecule has 0 saturated carbocycles. The SMILES string of the molecule is c1cc2c3cc3cn2c1. The van der Waals surface area contributed by atoms with Crippen molar-refractivity contribution < 1.29 is 0 Å². The third-order valence-electron chi connectivity index (χ3n) is 1.86. The molecule has 9 heavy (non-hydrogen) atoms. The van der Waals surface area contributed by atoms with Crippen LogP contribution in [0.25, 0.3) is 16.3 Å². The van der Waals surface area contributed by atoms with Crippen LogP contribution in [0.1, 0.15) is 0 Å². The number of nitrogens with zero attached hydrogens (tertiary/aromatic N) is 1. The Labute approximate surface area is 52.2 Å². The normalized spacial score (nSPS) is 12.4. The van der Waals surface area contributed by atoms with Crippen molar-refractivity contribution in [3.63, 3.8) is 0 Å². The van der Waals surface area contributed by atoms with Crippen LogP contribution in [-0.4, -0.2) is 4.40 Å². The number of hydrogen-bond donors (Lipinski definition) is 0. The summed E-state index contributed by atoms with van der Waals surface area (Å²) in [6.45, 7) is 0. The van der Waals surface area contributed by atoms with E-state index in [0.717, 1.165) is 0 Å². The first-order chi connectivity index (χ1) is 4.45. The van der Waals surface area contributed by atoms with Crippen LogP contribution in [0.4, 0.5) is 0 Å². The lowest BCUT2D eigenvalue weighted by atomic mass is 10.5. The second kappa shape index (κ2) is 0.903. The molecule has 2 heterocycles. The van der Waals surface area contributed by atoms with Crippen LogP contribution in [0.5, 0.6) is 0 Å². The molecule has 2 aromatic heterocycles. The van der Waals surface area contributed by atoms with Crippen LogP contribution < -0.4 is 0 Å². The monoisotopic (exact) mass is 115 g/mol. The molecule has 0 fully saturated rings. The number of pyridine rings is 1. The molecule has 0 unspecified atom stereocenters. The first kappa shape index (κ1) is 3.72. The molecule has 1 aromatic carbocycles. The summed E-state index contributed by atoms with van der Waals surface area (Å²) in [7, 11) is 0. The summed E-state index contributed by atoms with van der Waals surface area (Å²) < 4.78 is 2.16. The molecule has 0 spiro atoms. The highest BCUT2D eigenvalue weighted by Crippen LogP contribution is 2.30. The van der Waals surface area contributed by atoms with Gasteiger partial charge in [0.15, 0.2) is 0 Å². The molecule has 42 valence electrons. The molecule has 0 bridgehead atoms. The molecule has 0 amide bonds. The van der Waals surface area contributed by atoms with Gasteiger partial charge in [-0.1, -0.05) is 0 Å². The van der Waals surface area contributed by atoms with E-state index in [1.54, 1.807) is 0 Å². The Hall–Kier alpha value is -1.24. The van der Waals surface area contributed by atoms with Gasteiger partial charge in [-0.25, -0.2) is 0 Å². The van der Waals surface area contributed by atoms with Gasteiger partial charge in [-0.2, -0.15) is 0 Å². The molecule has 0 radical (unpaired) electrons. The summed E-state index contributed by atoms with van der Waals surface area (Å²) in [4.78, 5) is 0. The zero-order valence-corrected chi connectivity index (χ0v) is 4.83.